The molecule has 3 fully saturated rings. The van der Waals surface area contributed by atoms with Crippen molar-refractivity contribution in [3.8, 4) is 0 Å². The number of hydrogen-bond donors (Lipinski definition) is 4. The van der Waals surface area contributed by atoms with E-state index in [1.165, 1.54) is 0 Å². The van der Waals surface area contributed by atoms with Gasteiger partial charge in [-0.1, -0.05) is 0 Å². The maximum absolute atomic E-state index is 11.6. The number of thioether (sulfide) groups is 1. The molecule has 0 aliphatic carbocycles. The van der Waals surface area contributed by atoms with Crippen molar-refractivity contribution >= 4 is 41.3 Å². The number of nitrogens with one attached hydrogen (secondary N) is 2. The first-order chi connectivity index (χ1) is 11.9. The van der Waals surface area contributed by atoms with E-state index in [0.29, 0.717) is 12.8 Å². The summed E-state index contributed by atoms with van der Waals surface area (Å²) in [6, 6.07) is -1.20. The van der Waals surface area contributed by atoms with Gasteiger partial charge in [-0.3, -0.25) is 19.8 Å². The van der Waals surface area contributed by atoms with E-state index in [-0.39, 0.29) is 47.0 Å². The van der Waals surface area contributed by atoms with Gasteiger partial charge in [-0.05, 0) is 19.3 Å². The zero-order valence-electron chi connectivity index (χ0n) is 13.2. The Hall–Kier alpha value is -2.14. The van der Waals surface area contributed by atoms with E-state index >= 15 is 0 Å². The normalized spacial score (nSPS) is 32.0. The van der Waals surface area contributed by atoms with Crippen molar-refractivity contribution in [1.82, 2.24) is 15.7 Å². The highest BCUT2D eigenvalue weighted by atomic mass is 32.2. The minimum atomic E-state index is -1.25. The number of hydroxylamine groups is 2. The number of nitrogens with zero attached hydrogens (tertiary/aromatic N) is 2. The first-order valence-corrected chi connectivity index (χ1v) is 8.96. The molecule has 3 aliphatic rings. The Labute approximate surface area is 147 Å². The number of carbonyl (C=O) groups excluding carboxylic acids is 3. The second kappa shape index (κ2) is 7.00. The molecule has 3 saturated heterocycles. The van der Waals surface area contributed by atoms with Crippen LogP contribution in [0.1, 0.15) is 25.7 Å². The summed E-state index contributed by atoms with van der Waals surface area (Å²) in [6.45, 7) is 0. The lowest BCUT2D eigenvalue weighted by molar-refractivity contribution is -0.171. The third kappa shape index (κ3) is 3.61. The van der Waals surface area contributed by atoms with Gasteiger partial charge in [-0.2, -0.15) is 16.8 Å². The summed E-state index contributed by atoms with van der Waals surface area (Å²) in [6.07, 6.45) is 1.05. The van der Waals surface area contributed by atoms with Crippen LogP contribution in [0.15, 0.2) is 4.99 Å². The van der Waals surface area contributed by atoms with Crippen LogP contribution >= 0.6 is 11.8 Å². The van der Waals surface area contributed by atoms with Crippen molar-refractivity contribution < 1.29 is 29.5 Å². The summed E-state index contributed by atoms with van der Waals surface area (Å²) in [4.78, 5) is 49.4. The Morgan fingerprint density at radius 2 is 2.08 bits per heavy atom. The average molecular weight is 370 g/mol. The summed E-state index contributed by atoms with van der Waals surface area (Å²) in [5.41, 5.74) is -0.186. The molecule has 0 aromatic heterocycles. The Morgan fingerprint density at radius 3 is 2.72 bits per heavy atom. The van der Waals surface area contributed by atoms with Gasteiger partial charge in [-0.25, -0.2) is 9.59 Å². The number of carboxylic acids is 1. The molecule has 3 heterocycles. The molecular formula is C14H18N4O6S. The van der Waals surface area contributed by atoms with Crippen molar-refractivity contribution in [2.24, 2.45) is 4.99 Å². The number of aliphatic imine (C=N–C) groups is 1. The fourth-order valence-electron chi connectivity index (χ4n) is 3.23. The number of hydrogen-bond acceptors (Lipinski definition) is 7. The molecule has 0 radical (unpaired) electrons. The molecule has 4 atom stereocenters. The number of carboxylic acid groups (broad SMARTS) is 1. The molecule has 0 bridgehead atoms. The van der Waals surface area contributed by atoms with Gasteiger partial charge >= 0.3 is 12.0 Å². The molecule has 0 aromatic rings. The number of carbonyl (C=O) groups is 4. The Balaban J connectivity index is 1.55. The van der Waals surface area contributed by atoms with Crippen LogP contribution in [-0.2, 0) is 14.4 Å². The molecule has 4 N–H and O–H groups in total. The molecule has 3 rings (SSSR count). The second-order valence-corrected chi connectivity index (χ2v) is 7.43. The van der Waals surface area contributed by atoms with E-state index in [9.17, 15) is 29.5 Å². The van der Waals surface area contributed by atoms with Crippen LogP contribution in [0.2, 0.25) is 0 Å². The van der Waals surface area contributed by atoms with Crippen LogP contribution < -0.4 is 10.6 Å². The van der Waals surface area contributed by atoms with Gasteiger partial charge in [0.1, 0.15) is 11.8 Å². The number of urea groups is 1. The highest BCUT2D eigenvalue weighted by molar-refractivity contribution is 8.00. The van der Waals surface area contributed by atoms with Gasteiger partial charge in [-0.15, -0.1) is 0 Å². The minimum absolute atomic E-state index is 0.0152. The van der Waals surface area contributed by atoms with Gasteiger partial charge in [0.15, 0.2) is 0 Å². The highest BCUT2D eigenvalue weighted by Gasteiger charge is 2.42. The standard InChI is InChI=1S/C14H18N4O6S/c19-10-4-7(12(20)18(10)24)15-6(13(21)22)2-1-3-9-11-8(5-25-9)16-14(23)17-11/h7-9,11,24H,1-5H2,(H,21,22)(H2,16,17,23)/t7?,8-,9-,11-/m0/s1. The molecule has 11 heteroatoms. The molecule has 4 amide bonds. The number of aliphatic carboxylic acids is 1. The summed E-state index contributed by atoms with van der Waals surface area (Å²) >= 11 is 1.73. The quantitative estimate of drug-likeness (QED) is 0.210. The van der Waals surface area contributed by atoms with Crippen LogP contribution in [0, 0.1) is 0 Å². The average Bonchev–Trinajstić information content (AvgIpc) is 3.17. The minimum Gasteiger partial charge on any atom is -0.477 e. The number of imide groups is 1. The van der Waals surface area contributed by atoms with Crippen LogP contribution in [-0.4, -0.2) is 74.0 Å². The topological polar surface area (TPSA) is 148 Å². The van der Waals surface area contributed by atoms with Crippen LogP contribution in [0.25, 0.3) is 0 Å². The number of rotatable bonds is 6. The largest absolute Gasteiger partial charge is 0.477 e. The molecule has 136 valence electrons. The lowest BCUT2D eigenvalue weighted by atomic mass is 10.0. The van der Waals surface area contributed by atoms with E-state index in [2.05, 4.69) is 15.6 Å². The molecule has 10 nitrogen and oxygen atoms in total. The SMILES string of the molecule is O=C1N[C@H]2[C@H](CS[C@H]2CCCC(=NC2CC(=O)N(O)C2=O)C(=O)O)N1. The fraction of sp³-hybridized carbons (Fsp3) is 0.643. The predicted octanol–water partition coefficient (Wildman–Crippen LogP) is -0.636. The highest BCUT2D eigenvalue weighted by Crippen LogP contribution is 2.33. The maximum Gasteiger partial charge on any atom is 0.349 e. The molecule has 1 unspecified atom stereocenters. The number of amides is 4. The van der Waals surface area contributed by atoms with E-state index in [1.807, 2.05) is 0 Å². The molecule has 0 saturated carbocycles. The predicted molar refractivity (Wildman–Crippen MR) is 86.5 cm³/mol. The monoisotopic (exact) mass is 370 g/mol. The Bertz CT molecular complexity index is 653. The summed E-state index contributed by atoms with van der Waals surface area (Å²) in [5.74, 6) is -2.12. The van der Waals surface area contributed by atoms with Crippen molar-refractivity contribution in [2.75, 3.05) is 5.75 Å². The van der Waals surface area contributed by atoms with E-state index in [0.717, 1.165) is 5.75 Å². The van der Waals surface area contributed by atoms with Crippen molar-refractivity contribution in [1.29, 1.82) is 0 Å². The van der Waals surface area contributed by atoms with E-state index < -0.39 is 23.8 Å². The zero-order chi connectivity index (χ0) is 18.1. The summed E-state index contributed by atoms with van der Waals surface area (Å²) < 4.78 is 0. The fourth-order valence-corrected chi connectivity index (χ4v) is 4.78. The van der Waals surface area contributed by atoms with E-state index in [4.69, 9.17) is 0 Å². The van der Waals surface area contributed by atoms with Crippen LogP contribution in [0.4, 0.5) is 4.79 Å². The first-order valence-electron chi connectivity index (χ1n) is 7.91. The number of fused-ring (bicyclic) bond motifs is 1. The van der Waals surface area contributed by atoms with Crippen molar-refractivity contribution in [3.63, 3.8) is 0 Å². The van der Waals surface area contributed by atoms with Gasteiger partial charge in [0.2, 0.25) is 0 Å². The Kier molecular flexibility index (Phi) is 4.95. The van der Waals surface area contributed by atoms with Crippen LogP contribution in [0.3, 0.4) is 0 Å². The summed E-state index contributed by atoms with van der Waals surface area (Å²) in [7, 11) is 0. The lowest BCUT2D eigenvalue weighted by Crippen LogP contribution is -2.36. The Morgan fingerprint density at radius 1 is 1.32 bits per heavy atom. The lowest BCUT2D eigenvalue weighted by Gasteiger charge is -2.16. The third-order valence-corrected chi connectivity index (χ3v) is 6.01. The molecule has 25 heavy (non-hydrogen) atoms. The van der Waals surface area contributed by atoms with Crippen molar-refractivity contribution in [2.45, 2.75) is 49.1 Å². The second-order valence-electron chi connectivity index (χ2n) is 6.16. The third-order valence-electron chi connectivity index (χ3n) is 4.50. The smallest absolute Gasteiger partial charge is 0.349 e. The zero-order valence-corrected chi connectivity index (χ0v) is 14.0. The summed E-state index contributed by atoms with van der Waals surface area (Å²) in [5, 5.41) is 24.3. The van der Waals surface area contributed by atoms with Gasteiger partial charge in [0, 0.05) is 11.0 Å². The molecule has 3 aliphatic heterocycles. The first kappa shape index (κ1) is 17.7. The van der Waals surface area contributed by atoms with Gasteiger partial charge in [0.05, 0.1) is 18.5 Å². The molecule has 0 aromatic carbocycles. The van der Waals surface area contributed by atoms with Crippen LogP contribution in [0.5, 0.6) is 0 Å². The van der Waals surface area contributed by atoms with E-state index in [1.54, 1.807) is 11.8 Å². The van der Waals surface area contributed by atoms with Gasteiger partial charge in [0.25, 0.3) is 11.8 Å². The maximum atomic E-state index is 11.6. The molecule has 0 spiro atoms. The van der Waals surface area contributed by atoms with Crippen molar-refractivity contribution in [3.05, 3.63) is 0 Å². The molecular weight excluding hydrogens is 352 g/mol. The van der Waals surface area contributed by atoms with Gasteiger partial charge < -0.3 is 15.7 Å².